The lowest BCUT2D eigenvalue weighted by Gasteiger charge is -2.28. The highest BCUT2D eigenvalue weighted by atomic mass is 35.5. The van der Waals surface area contributed by atoms with Gasteiger partial charge in [-0.1, -0.05) is 37.6 Å². The molecular formula is C25H26ClF3N4O7S. The molecule has 0 unspecified atom stereocenters. The topological polar surface area (TPSA) is 148 Å². The summed E-state index contributed by atoms with van der Waals surface area (Å²) in [7, 11) is -4.67. The zero-order valence-electron chi connectivity index (χ0n) is 22.0. The molecule has 0 aliphatic rings. The van der Waals surface area contributed by atoms with Crippen LogP contribution >= 0.6 is 11.6 Å². The number of nitrogens with one attached hydrogen (secondary N) is 1. The van der Waals surface area contributed by atoms with Crippen molar-refractivity contribution in [1.29, 1.82) is 0 Å². The van der Waals surface area contributed by atoms with Crippen LogP contribution in [0.2, 0.25) is 5.02 Å². The number of alkyl halides is 3. The summed E-state index contributed by atoms with van der Waals surface area (Å²) >= 11 is 5.86. The normalized spacial score (nSPS) is 12.3. The standard InChI is InChI=1S/C25H26ClF3N4O7S/c1-24(2,14-34)13-32(3)20(35)12-33-21-16(6-9-19(31-21)40-41(38,39)25(27,28)29)10-18(23(33)37)22(36)30-11-15-4-7-17(26)8-5-15/h4-10,34H,11-14H2,1-3H3,(H,30,36). The molecule has 0 aliphatic carbocycles. The first kappa shape index (κ1) is 31.8. The van der Waals surface area contributed by atoms with Gasteiger partial charge in [-0.2, -0.15) is 26.6 Å². The maximum atomic E-state index is 13.4. The molecule has 2 aromatic heterocycles. The number of aliphatic hydroxyl groups is 1. The van der Waals surface area contributed by atoms with Gasteiger partial charge in [-0.15, -0.1) is 0 Å². The van der Waals surface area contributed by atoms with Gasteiger partial charge < -0.3 is 19.5 Å². The van der Waals surface area contributed by atoms with Crippen LogP contribution in [0.3, 0.4) is 0 Å². The van der Waals surface area contributed by atoms with Crippen molar-refractivity contribution >= 4 is 44.6 Å². The van der Waals surface area contributed by atoms with E-state index in [9.17, 15) is 41.1 Å². The minimum Gasteiger partial charge on any atom is -0.396 e. The number of hydrogen-bond acceptors (Lipinski definition) is 8. The Morgan fingerprint density at radius 1 is 1.15 bits per heavy atom. The number of likely N-dealkylation sites (N-methyl/N-ethyl adjacent to an activating group) is 1. The lowest BCUT2D eigenvalue weighted by Crippen LogP contribution is -2.41. The number of carbonyl (C=O) groups is 2. The lowest BCUT2D eigenvalue weighted by molar-refractivity contribution is -0.132. The fraction of sp³-hybridized carbons (Fsp3) is 0.360. The van der Waals surface area contributed by atoms with E-state index in [4.69, 9.17) is 11.6 Å². The second-order valence-electron chi connectivity index (χ2n) is 9.88. The molecule has 3 aromatic rings. The van der Waals surface area contributed by atoms with Crippen LogP contribution in [0, 0.1) is 5.41 Å². The molecule has 0 atom stereocenters. The van der Waals surface area contributed by atoms with Crippen molar-refractivity contribution in [2.45, 2.75) is 32.4 Å². The van der Waals surface area contributed by atoms with Gasteiger partial charge in [0.2, 0.25) is 11.8 Å². The summed E-state index contributed by atoms with van der Waals surface area (Å²) in [5.41, 5.74) is -7.60. The number of amides is 2. The largest absolute Gasteiger partial charge is 0.534 e. The summed E-state index contributed by atoms with van der Waals surface area (Å²) < 4.78 is 66.3. The zero-order valence-corrected chi connectivity index (χ0v) is 23.6. The second-order valence-corrected chi connectivity index (χ2v) is 11.9. The third-order valence-electron chi connectivity index (χ3n) is 5.81. The van der Waals surface area contributed by atoms with Gasteiger partial charge in [-0.3, -0.25) is 19.0 Å². The van der Waals surface area contributed by atoms with Crippen molar-refractivity contribution in [3.05, 3.63) is 69.0 Å². The van der Waals surface area contributed by atoms with Crippen molar-refractivity contribution in [3.63, 3.8) is 0 Å². The van der Waals surface area contributed by atoms with E-state index in [1.165, 1.54) is 11.9 Å². The minimum absolute atomic E-state index is 0.0196. The number of halogens is 4. The first-order chi connectivity index (χ1) is 18.9. The molecule has 0 radical (unpaired) electrons. The van der Waals surface area contributed by atoms with Gasteiger partial charge in [-0.25, -0.2) is 0 Å². The number of rotatable bonds is 10. The number of carbonyl (C=O) groups excluding carboxylic acids is 2. The van der Waals surface area contributed by atoms with Gasteiger partial charge in [0.05, 0.1) is 0 Å². The molecule has 2 heterocycles. The molecule has 16 heteroatoms. The van der Waals surface area contributed by atoms with Crippen LogP contribution in [0.1, 0.15) is 29.8 Å². The first-order valence-corrected chi connectivity index (χ1v) is 13.7. The summed E-state index contributed by atoms with van der Waals surface area (Å²) in [4.78, 5) is 44.4. The van der Waals surface area contributed by atoms with Crippen LogP contribution in [-0.2, 0) is 28.0 Å². The molecular weight excluding hydrogens is 593 g/mol. The maximum absolute atomic E-state index is 13.4. The number of benzene rings is 1. The highest BCUT2D eigenvalue weighted by Gasteiger charge is 2.49. The number of hydrogen-bond donors (Lipinski definition) is 2. The van der Waals surface area contributed by atoms with Crippen molar-refractivity contribution in [1.82, 2.24) is 19.8 Å². The molecule has 0 aliphatic heterocycles. The van der Waals surface area contributed by atoms with E-state index in [0.29, 0.717) is 10.6 Å². The summed E-state index contributed by atoms with van der Waals surface area (Å²) in [6.07, 6.45) is 0. The van der Waals surface area contributed by atoms with Crippen molar-refractivity contribution in [3.8, 4) is 5.88 Å². The molecule has 3 rings (SSSR count). The fourth-order valence-electron chi connectivity index (χ4n) is 3.66. The fourth-order valence-corrected chi connectivity index (χ4v) is 4.20. The predicted octanol–water partition coefficient (Wildman–Crippen LogP) is 2.69. The SMILES string of the molecule is CN(CC(C)(C)CO)C(=O)Cn1c(=O)c(C(=O)NCc2ccc(Cl)cc2)cc2ccc(OS(=O)(=O)C(F)(F)F)nc21. The number of nitrogens with zero attached hydrogens (tertiary/aromatic N) is 3. The monoisotopic (exact) mass is 618 g/mol. The van der Waals surface area contributed by atoms with Crippen LogP contribution in [-0.4, -0.2) is 65.5 Å². The van der Waals surface area contributed by atoms with Gasteiger partial charge in [0.15, 0.2) is 0 Å². The van der Waals surface area contributed by atoms with Crippen LogP contribution in [0.25, 0.3) is 11.0 Å². The third kappa shape index (κ3) is 7.74. The highest BCUT2D eigenvalue weighted by molar-refractivity contribution is 7.87. The summed E-state index contributed by atoms with van der Waals surface area (Å²) in [6.45, 7) is 2.50. The van der Waals surface area contributed by atoms with E-state index in [1.807, 2.05) is 0 Å². The molecule has 0 bridgehead atoms. The van der Waals surface area contributed by atoms with E-state index in [0.717, 1.165) is 22.8 Å². The number of aliphatic hydroxyl groups excluding tert-OH is 1. The molecule has 2 amide bonds. The van der Waals surface area contributed by atoms with Crippen LogP contribution in [0.5, 0.6) is 5.88 Å². The van der Waals surface area contributed by atoms with E-state index in [-0.39, 0.29) is 25.1 Å². The zero-order chi connectivity index (χ0) is 30.8. The highest BCUT2D eigenvalue weighted by Crippen LogP contribution is 2.27. The molecule has 1 aromatic carbocycles. The Morgan fingerprint density at radius 2 is 1.78 bits per heavy atom. The molecule has 41 heavy (non-hydrogen) atoms. The van der Waals surface area contributed by atoms with E-state index < -0.39 is 62.1 Å². The number of fused-ring (bicyclic) bond motifs is 1. The van der Waals surface area contributed by atoms with Gasteiger partial charge in [-0.05, 0) is 29.8 Å². The average Bonchev–Trinajstić information content (AvgIpc) is 2.88. The molecule has 0 fully saturated rings. The molecule has 0 saturated heterocycles. The third-order valence-corrected chi connectivity index (χ3v) is 7.02. The molecule has 222 valence electrons. The van der Waals surface area contributed by atoms with E-state index in [2.05, 4.69) is 14.5 Å². The first-order valence-electron chi connectivity index (χ1n) is 11.9. The van der Waals surface area contributed by atoms with Crippen molar-refractivity contribution < 1.29 is 40.5 Å². The molecule has 0 spiro atoms. The van der Waals surface area contributed by atoms with Gasteiger partial charge in [0.25, 0.3) is 11.5 Å². The Morgan fingerprint density at radius 3 is 2.37 bits per heavy atom. The Hall–Kier alpha value is -3.69. The molecule has 11 nitrogen and oxygen atoms in total. The minimum atomic E-state index is -6.08. The molecule has 0 saturated carbocycles. The smallest absolute Gasteiger partial charge is 0.396 e. The van der Waals surface area contributed by atoms with E-state index >= 15 is 0 Å². The predicted molar refractivity (Wildman–Crippen MR) is 143 cm³/mol. The number of aromatic nitrogens is 2. The Bertz CT molecular complexity index is 1630. The van der Waals surface area contributed by atoms with Crippen LogP contribution < -0.4 is 15.1 Å². The van der Waals surface area contributed by atoms with Crippen molar-refractivity contribution in [2.24, 2.45) is 5.41 Å². The summed E-state index contributed by atoms with van der Waals surface area (Å²) in [5.74, 6) is -2.49. The quantitative estimate of drug-likeness (QED) is 0.260. The summed E-state index contributed by atoms with van der Waals surface area (Å²) in [5, 5.41) is 12.6. The van der Waals surface area contributed by atoms with Crippen molar-refractivity contribution in [2.75, 3.05) is 20.2 Å². The van der Waals surface area contributed by atoms with Crippen LogP contribution in [0.4, 0.5) is 13.2 Å². The van der Waals surface area contributed by atoms with Crippen LogP contribution in [0.15, 0.2) is 47.3 Å². The molecule has 2 N–H and O–H groups in total. The lowest BCUT2D eigenvalue weighted by atomic mass is 9.94. The number of pyridine rings is 2. The maximum Gasteiger partial charge on any atom is 0.534 e. The summed E-state index contributed by atoms with van der Waals surface area (Å²) in [6, 6.07) is 9.55. The van der Waals surface area contributed by atoms with Gasteiger partial charge in [0.1, 0.15) is 17.8 Å². The second kappa shape index (κ2) is 12.0. The Balaban J connectivity index is 2.06. The van der Waals surface area contributed by atoms with Gasteiger partial charge >= 0.3 is 15.6 Å². The average molecular weight is 619 g/mol. The van der Waals surface area contributed by atoms with Gasteiger partial charge in [0, 0.05) is 48.6 Å². The Labute approximate surface area is 237 Å². The Kier molecular flexibility index (Phi) is 9.35. The van der Waals surface area contributed by atoms with E-state index in [1.54, 1.807) is 38.1 Å².